The van der Waals surface area contributed by atoms with Crippen LogP contribution in [0.15, 0.2) is 22.7 Å². The third-order valence-electron chi connectivity index (χ3n) is 4.75. The van der Waals surface area contributed by atoms with Crippen molar-refractivity contribution in [3.05, 3.63) is 33.3 Å². The number of halogens is 2. The highest BCUT2D eigenvalue weighted by Gasteiger charge is 2.48. The van der Waals surface area contributed by atoms with Crippen LogP contribution < -0.4 is 11.1 Å². The number of nitrogens with one attached hydrogen (secondary N) is 1. The maximum Gasteiger partial charge on any atom is 0.225 e. The fourth-order valence-corrected chi connectivity index (χ4v) is 4.43. The number of amides is 1. The van der Waals surface area contributed by atoms with Gasteiger partial charge in [0.05, 0.1) is 5.92 Å². The standard InChI is InChI=1S/C15H18BrClN2O/c16-11-4-3-10(12(17)6-11)7-19-15(20)13-8-1-2-9(5-8)14(13)18/h3-4,6,8-9,13-14H,1-2,5,7,18H2,(H,19,20). The molecule has 2 saturated carbocycles. The van der Waals surface area contributed by atoms with Crippen LogP contribution in [-0.4, -0.2) is 11.9 Å². The smallest absolute Gasteiger partial charge is 0.225 e. The number of fused-ring (bicyclic) bond motifs is 2. The summed E-state index contributed by atoms with van der Waals surface area (Å²) in [7, 11) is 0. The summed E-state index contributed by atoms with van der Waals surface area (Å²) in [6.07, 6.45) is 3.46. The van der Waals surface area contributed by atoms with Gasteiger partial charge < -0.3 is 11.1 Å². The lowest BCUT2D eigenvalue weighted by atomic mass is 9.84. The van der Waals surface area contributed by atoms with Crippen molar-refractivity contribution in [3.63, 3.8) is 0 Å². The van der Waals surface area contributed by atoms with Gasteiger partial charge in [-0.05, 0) is 48.8 Å². The van der Waals surface area contributed by atoms with Gasteiger partial charge in [0.1, 0.15) is 0 Å². The summed E-state index contributed by atoms with van der Waals surface area (Å²) in [6, 6.07) is 5.73. The van der Waals surface area contributed by atoms with Crippen molar-refractivity contribution in [1.82, 2.24) is 5.32 Å². The first kappa shape index (κ1) is 14.4. The van der Waals surface area contributed by atoms with E-state index in [9.17, 15) is 4.79 Å². The number of hydrogen-bond donors (Lipinski definition) is 2. The van der Waals surface area contributed by atoms with Crippen molar-refractivity contribution in [3.8, 4) is 0 Å². The lowest BCUT2D eigenvalue weighted by Gasteiger charge is -2.27. The largest absolute Gasteiger partial charge is 0.352 e. The summed E-state index contributed by atoms with van der Waals surface area (Å²) >= 11 is 9.53. The highest BCUT2D eigenvalue weighted by Crippen LogP contribution is 2.47. The highest BCUT2D eigenvalue weighted by molar-refractivity contribution is 9.10. The minimum Gasteiger partial charge on any atom is -0.352 e. The molecule has 0 heterocycles. The van der Waals surface area contributed by atoms with E-state index >= 15 is 0 Å². The Balaban J connectivity index is 1.62. The zero-order valence-corrected chi connectivity index (χ0v) is 13.5. The van der Waals surface area contributed by atoms with Crippen molar-refractivity contribution < 1.29 is 4.79 Å². The summed E-state index contributed by atoms with van der Waals surface area (Å²) < 4.78 is 0.938. The fourth-order valence-electron chi connectivity index (χ4n) is 3.69. The monoisotopic (exact) mass is 356 g/mol. The first-order valence-electron chi connectivity index (χ1n) is 7.03. The average molecular weight is 358 g/mol. The van der Waals surface area contributed by atoms with Gasteiger partial charge in [-0.25, -0.2) is 0 Å². The zero-order chi connectivity index (χ0) is 14.3. The molecule has 20 heavy (non-hydrogen) atoms. The Morgan fingerprint density at radius 3 is 2.80 bits per heavy atom. The molecule has 3 rings (SSSR count). The van der Waals surface area contributed by atoms with E-state index in [1.54, 1.807) is 0 Å². The maximum absolute atomic E-state index is 12.4. The van der Waals surface area contributed by atoms with E-state index in [0.717, 1.165) is 22.9 Å². The average Bonchev–Trinajstić information content (AvgIpc) is 2.98. The number of benzene rings is 1. The van der Waals surface area contributed by atoms with Gasteiger partial charge in [-0.1, -0.05) is 33.6 Å². The molecule has 0 spiro atoms. The topological polar surface area (TPSA) is 55.1 Å². The molecule has 3 N–H and O–H groups in total. The molecule has 2 aliphatic rings. The van der Waals surface area contributed by atoms with Crippen molar-refractivity contribution in [2.75, 3.05) is 0 Å². The fraction of sp³-hybridized carbons (Fsp3) is 0.533. The molecule has 2 aliphatic carbocycles. The second-order valence-corrected chi connectivity index (χ2v) is 7.21. The molecule has 2 fully saturated rings. The molecule has 0 radical (unpaired) electrons. The van der Waals surface area contributed by atoms with E-state index in [-0.39, 0.29) is 17.9 Å². The van der Waals surface area contributed by atoms with E-state index in [2.05, 4.69) is 21.2 Å². The molecule has 108 valence electrons. The van der Waals surface area contributed by atoms with Gasteiger partial charge in [-0.2, -0.15) is 0 Å². The molecule has 1 aromatic carbocycles. The second kappa shape index (κ2) is 5.66. The van der Waals surface area contributed by atoms with Crippen LogP contribution in [0.5, 0.6) is 0 Å². The van der Waals surface area contributed by atoms with Crippen LogP contribution in [0.2, 0.25) is 5.02 Å². The Kier molecular flexibility index (Phi) is 4.07. The maximum atomic E-state index is 12.4. The zero-order valence-electron chi connectivity index (χ0n) is 11.1. The normalized spacial score (nSPS) is 31.6. The van der Waals surface area contributed by atoms with Crippen molar-refractivity contribution in [1.29, 1.82) is 0 Å². The van der Waals surface area contributed by atoms with E-state index in [4.69, 9.17) is 17.3 Å². The van der Waals surface area contributed by atoms with E-state index in [1.165, 1.54) is 6.42 Å². The summed E-state index contributed by atoms with van der Waals surface area (Å²) in [5.41, 5.74) is 7.12. The van der Waals surface area contributed by atoms with Gasteiger partial charge in [0.25, 0.3) is 0 Å². The molecule has 3 nitrogen and oxygen atoms in total. The molecule has 2 bridgehead atoms. The molecule has 0 saturated heterocycles. The van der Waals surface area contributed by atoms with Gasteiger partial charge in [0.2, 0.25) is 5.91 Å². The quantitative estimate of drug-likeness (QED) is 0.873. The number of carbonyl (C=O) groups excluding carboxylic acids is 1. The number of carbonyl (C=O) groups is 1. The van der Waals surface area contributed by atoms with Crippen LogP contribution in [0.25, 0.3) is 0 Å². The Bertz CT molecular complexity index is 535. The molecule has 4 atom stereocenters. The molecule has 4 unspecified atom stereocenters. The first-order valence-corrected chi connectivity index (χ1v) is 8.20. The number of rotatable bonds is 3. The molecule has 1 amide bonds. The summed E-state index contributed by atoms with van der Waals surface area (Å²) in [4.78, 5) is 12.4. The van der Waals surface area contributed by atoms with Gasteiger partial charge in [-0.3, -0.25) is 4.79 Å². The Morgan fingerprint density at radius 1 is 1.40 bits per heavy atom. The van der Waals surface area contributed by atoms with Gasteiger partial charge in [-0.15, -0.1) is 0 Å². The molecule has 0 aliphatic heterocycles. The number of nitrogens with two attached hydrogens (primary N) is 1. The molecule has 5 heteroatoms. The number of hydrogen-bond acceptors (Lipinski definition) is 2. The van der Waals surface area contributed by atoms with E-state index in [1.807, 2.05) is 18.2 Å². The lowest BCUT2D eigenvalue weighted by Crippen LogP contribution is -2.45. The predicted molar refractivity (Wildman–Crippen MR) is 83.3 cm³/mol. The summed E-state index contributed by atoms with van der Waals surface area (Å²) in [5, 5.41) is 3.66. The van der Waals surface area contributed by atoms with Crippen molar-refractivity contribution >= 4 is 33.4 Å². The Hall–Kier alpha value is -0.580. The van der Waals surface area contributed by atoms with Gasteiger partial charge in [0.15, 0.2) is 0 Å². The SMILES string of the molecule is NC1C2CCC(C2)C1C(=O)NCc1ccc(Br)cc1Cl. The van der Waals surface area contributed by atoms with Crippen LogP contribution in [0, 0.1) is 17.8 Å². The molecular formula is C15H18BrClN2O. The minimum absolute atomic E-state index is 0.0111. The van der Waals surface area contributed by atoms with Gasteiger partial charge in [0, 0.05) is 22.1 Å². The van der Waals surface area contributed by atoms with Gasteiger partial charge >= 0.3 is 0 Å². The Morgan fingerprint density at radius 2 is 2.15 bits per heavy atom. The molecule has 0 aromatic heterocycles. The highest BCUT2D eigenvalue weighted by atomic mass is 79.9. The Labute approximate surface area is 132 Å². The summed E-state index contributed by atoms with van der Waals surface area (Å²) in [5.74, 6) is 1.11. The van der Waals surface area contributed by atoms with Crippen LogP contribution in [0.3, 0.4) is 0 Å². The van der Waals surface area contributed by atoms with Crippen molar-refractivity contribution in [2.45, 2.75) is 31.8 Å². The first-order chi connectivity index (χ1) is 9.56. The third-order valence-corrected chi connectivity index (χ3v) is 5.60. The third kappa shape index (κ3) is 2.61. The minimum atomic E-state index is -0.0111. The molecule has 1 aromatic rings. The molecular weight excluding hydrogens is 340 g/mol. The second-order valence-electron chi connectivity index (χ2n) is 5.89. The predicted octanol–water partition coefficient (Wildman–Crippen LogP) is 3.09. The van der Waals surface area contributed by atoms with Crippen LogP contribution >= 0.6 is 27.5 Å². The van der Waals surface area contributed by atoms with Crippen LogP contribution in [0.1, 0.15) is 24.8 Å². The van der Waals surface area contributed by atoms with E-state index < -0.39 is 0 Å². The van der Waals surface area contributed by atoms with Crippen LogP contribution in [-0.2, 0) is 11.3 Å². The van der Waals surface area contributed by atoms with E-state index in [0.29, 0.717) is 23.4 Å². The van der Waals surface area contributed by atoms with Crippen LogP contribution in [0.4, 0.5) is 0 Å². The summed E-state index contributed by atoms with van der Waals surface area (Å²) in [6.45, 7) is 0.464. The lowest BCUT2D eigenvalue weighted by molar-refractivity contribution is -0.127. The van der Waals surface area contributed by atoms with Crippen molar-refractivity contribution in [2.24, 2.45) is 23.5 Å².